The number of hydrogen-bond donors (Lipinski definition) is 2. The molecule has 3 N–H and O–H groups in total. The summed E-state index contributed by atoms with van der Waals surface area (Å²) in [6, 6.07) is 3.52. The van der Waals surface area contributed by atoms with Crippen LogP contribution in [0, 0.1) is 0 Å². The van der Waals surface area contributed by atoms with Gasteiger partial charge in [-0.3, -0.25) is 14.4 Å². The molecule has 0 spiro atoms. The molecule has 1 rings (SSSR count). The van der Waals surface area contributed by atoms with Crippen molar-refractivity contribution in [2.45, 2.75) is 19.6 Å². The minimum Gasteiger partial charge on any atom is -0.493 e. The molecule has 24 heavy (non-hydrogen) atoms. The molecule has 0 saturated carbocycles. The number of hydrogen-bond acceptors (Lipinski definition) is 6. The van der Waals surface area contributed by atoms with Crippen molar-refractivity contribution >= 4 is 17.8 Å². The lowest BCUT2D eigenvalue weighted by Gasteiger charge is -2.12. The van der Waals surface area contributed by atoms with Gasteiger partial charge in [-0.05, 0) is 25.1 Å². The van der Waals surface area contributed by atoms with Crippen LogP contribution < -0.4 is 20.5 Å². The van der Waals surface area contributed by atoms with Gasteiger partial charge in [0.25, 0.3) is 11.8 Å². The van der Waals surface area contributed by atoms with Crippen molar-refractivity contribution in [1.29, 1.82) is 0 Å². The SMILES string of the molecule is COc1cc(C(=O)NCC(=O)O[C@H](C)C(N)=O)ccc1OC(F)F. The number of primary amides is 1. The van der Waals surface area contributed by atoms with Crippen molar-refractivity contribution < 1.29 is 37.4 Å². The molecule has 10 heteroatoms. The van der Waals surface area contributed by atoms with Crippen LogP contribution in [-0.2, 0) is 14.3 Å². The fraction of sp³-hybridized carbons (Fsp3) is 0.357. The van der Waals surface area contributed by atoms with Gasteiger partial charge in [-0.25, -0.2) is 0 Å². The summed E-state index contributed by atoms with van der Waals surface area (Å²) in [6.07, 6.45) is -1.12. The number of methoxy groups -OCH3 is 1. The Morgan fingerprint density at radius 1 is 1.25 bits per heavy atom. The molecule has 1 aromatic carbocycles. The summed E-state index contributed by atoms with van der Waals surface area (Å²) in [4.78, 5) is 34.1. The lowest BCUT2D eigenvalue weighted by molar-refractivity contribution is -0.152. The van der Waals surface area contributed by atoms with Crippen molar-refractivity contribution in [3.05, 3.63) is 23.8 Å². The first kappa shape index (κ1) is 19.1. The normalized spacial score (nSPS) is 11.5. The third-order valence-electron chi connectivity index (χ3n) is 2.74. The van der Waals surface area contributed by atoms with Gasteiger partial charge in [-0.2, -0.15) is 8.78 Å². The Hall–Kier alpha value is -2.91. The number of carbonyl (C=O) groups excluding carboxylic acids is 3. The van der Waals surface area contributed by atoms with Crippen LogP contribution in [0.15, 0.2) is 18.2 Å². The molecule has 0 unspecified atom stereocenters. The number of nitrogens with one attached hydrogen (secondary N) is 1. The molecular formula is C14H16F2N2O6. The predicted molar refractivity (Wildman–Crippen MR) is 76.7 cm³/mol. The average Bonchev–Trinajstić information content (AvgIpc) is 2.52. The molecule has 0 aliphatic rings. The van der Waals surface area contributed by atoms with E-state index in [4.69, 9.17) is 10.5 Å². The number of halogens is 2. The third-order valence-corrected chi connectivity index (χ3v) is 2.74. The number of rotatable bonds is 8. The molecule has 8 nitrogen and oxygen atoms in total. The van der Waals surface area contributed by atoms with Gasteiger partial charge in [0, 0.05) is 5.56 Å². The van der Waals surface area contributed by atoms with Crippen molar-refractivity contribution in [3.63, 3.8) is 0 Å². The topological polar surface area (TPSA) is 117 Å². The maximum Gasteiger partial charge on any atom is 0.387 e. The largest absolute Gasteiger partial charge is 0.493 e. The van der Waals surface area contributed by atoms with E-state index in [-0.39, 0.29) is 17.1 Å². The average molecular weight is 346 g/mol. The molecule has 0 heterocycles. The number of carbonyl (C=O) groups is 3. The van der Waals surface area contributed by atoms with Crippen LogP contribution in [-0.4, -0.2) is 44.2 Å². The zero-order valence-electron chi connectivity index (χ0n) is 12.9. The molecule has 0 radical (unpaired) electrons. The molecule has 2 amide bonds. The first-order valence-corrected chi connectivity index (χ1v) is 6.64. The van der Waals surface area contributed by atoms with Gasteiger partial charge in [-0.1, -0.05) is 0 Å². The van der Waals surface area contributed by atoms with Crippen molar-refractivity contribution in [2.75, 3.05) is 13.7 Å². The van der Waals surface area contributed by atoms with Crippen molar-refractivity contribution in [2.24, 2.45) is 5.73 Å². The predicted octanol–water partition coefficient (Wildman–Crippen LogP) is 0.443. The summed E-state index contributed by atoms with van der Waals surface area (Å²) in [5.41, 5.74) is 4.97. The van der Waals surface area contributed by atoms with Crippen LogP contribution in [0.1, 0.15) is 17.3 Å². The van der Waals surface area contributed by atoms with E-state index in [0.29, 0.717) is 0 Å². The molecule has 1 aromatic rings. The fourth-order valence-corrected chi connectivity index (χ4v) is 1.55. The van der Waals surface area contributed by atoms with E-state index in [1.807, 2.05) is 0 Å². The maximum absolute atomic E-state index is 12.2. The van der Waals surface area contributed by atoms with Gasteiger partial charge in [0.15, 0.2) is 17.6 Å². The van der Waals surface area contributed by atoms with Gasteiger partial charge in [-0.15, -0.1) is 0 Å². The highest BCUT2D eigenvalue weighted by Gasteiger charge is 2.17. The number of amides is 2. The molecule has 132 valence electrons. The van der Waals surface area contributed by atoms with Gasteiger partial charge in [0.1, 0.15) is 6.54 Å². The van der Waals surface area contributed by atoms with E-state index < -0.39 is 37.0 Å². The molecule has 0 fully saturated rings. The van der Waals surface area contributed by atoms with Crippen LogP contribution >= 0.6 is 0 Å². The molecule has 0 aliphatic heterocycles. The second kappa shape index (κ2) is 8.65. The zero-order valence-corrected chi connectivity index (χ0v) is 12.9. The van der Waals surface area contributed by atoms with Gasteiger partial charge >= 0.3 is 12.6 Å². The van der Waals surface area contributed by atoms with E-state index in [9.17, 15) is 23.2 Å². The lowest BCUT2D eigenvalue weighted by Crippen LogP contribution is -2.36. The Morgan fingerprint density at radius 2 is 1.92 bits per heavy atom. The van der Waals surface area contributed by atoms with Crippen molar-refractivity contribution in [3.8, 4) is 11.5 Å². The smallest absolute Gasteiger partial charge is 0.387 e. The number of benzene rings is 1. The molecular weight excluding hydrogens is 330 g/mol. The third kappa shape index (κ3) is 5.71. The number of nitrogens with two attached hydrogens (primary N) is 1. The monoisotopic (exact) mass is 346 g/mol. The van der Waals surface area contributed by atoms with E-state index >= 15 is 0 Å². The second-order valence-electron chi connectivity index (χ2n) is 4.46. The van der Waals surface area contributed by atoms with E-state index in [0.717, 1.165) is 6.07 Å². The van der Waals surface area contributed by atoms with Crippen LogP contribution in [0.5, 0.6) is 11.5 Å². The molecule has 1 atom stereocenters. The van der Waals surface area contributed by atoms with Gasteiger partial charge < -0.3 is 25.3 Å². The number of ether oxygens (including phenoxy) is 3. The summed E-state index contributed by atoms with van der Waals surface area (Å²) in [5, 5.41) is 2.24. The molecule has 0 saturated heterocycles. The molecule has 0 bridgehead atoms. The Kier molecular flexibility index (Phi) is 6.90. The Bertz CT molecular complexity index is 623. The number of alkyl halides is 2. The van der Waals surface area contributed by atoms with E-state index in [2.05, 4.69) is 14.8 Å². The maximum atomic E-state index is 12.2. The van der Waals surface area contributed by atoms with Gasteiger partial charge in [0.05, 0.1) is 7.11 Å². The zero-order chi connectivity index (χ0) is 18.3. The Balaban J connectivity index is 2.68. The van der Waals surface area contributed by atoms with E-state index in [1.165, 1.54) is 26.2 Å². The molecule has 0 aromatic heterocycles. The summed E-state index contributed by atoms with van der Waals surface area (Å²) in [6.45, 7) is -2.26. The number of esters is 1. The summed E-state index contributed by atoms with van der Waals surface area (Å²) in [5.74, 6) is -2.68. The van der Waals surface area contributed by atoms with Crippen LogP contribution in [0.3, 0.4) is 0 Å². The first-order valence-electron chi connectivity index (χ1n) is 6.64. The summed E-state index contributed by atoms with van der Waals surface area (Å²) < 4.78 is 38.2. The lowest BCUT2D eigenvalue weighted by atomic mass is 10.2. The van der Waals surface area contributed by atoms with Gasteiger partial charge in [0.2, 0.25) is 0 Å². The Labute approximate surface area is 135 Å². The highest BCUT2D eigenvalue weighted by Crippen LogP contribution is 2.29. The van der Waals surface area contributed by atoms with Crippen LogP contribution in [0.2, 0.25) is 0 Å². The highest BCUT2D eigenvalue weighted by atomic mass is 19.3. The first-order chi connectivity index (χ1) is 11.2. The second-order valence-corrected chi connectivity index (χ2v) is 4.46. The summed E-state index contributed by atoms with van der Waals surface area (Å²) in [7, 11) is 1.22. The van der Waals surface area contributed by atoms with Crippen LogP contribution in [0.25, 0.3) is 0 Å². The standard InChI is InChI=1S/C14H16F2N2O6/c1-7(12(17)20)23-11(19)6-18-13(21)8-3-4-9(24-14(15)16)10(5-8)22-2/h3-5,7,14H,6H2,1-2H3,(H2,17,20)(H,18,21)/t7-/m1/s1. The molecule has 0 aliphatic carbocycles. The fourth-order valence-electron chi connectivity index (χ4n) is 1.55. The van der Waals surface area contributed by atoms with E-state index in [1.54, 1.807) is 0 Å². The highest BCUT2D eigenvalue weighted by molar-refractivity contribution is 5.96. The quantitative estimate of drug-likeness (QED) is 0.660. The minimum absolute atomic E-state index is 0.0456. The summed E-state index contributed by atoms with van der Waals surface area (Å²) >= 11 is 0. The Morgan fingerprint density at radius 3 is 2.46 bits per heavy atom. The van der Waals surface area contributed by atoms with Crippen LogP contribution in [0.4, 0.5) is 8.78 Å². The van der Waals surface area contributed by atoms with Crippen molar-refractivity contribution in [1.82, 2.24) is 5.32 Å². The minimum atomic E-state index is -3.04.